The van der Waals surface area contributed by atoms with Crippen LogP contribution in [0.3, 0.4) is 0 Å². The highest BCUT2D eigenvalue weighted by molar-refractivity contribution is 7.12. The largest absolute Gasteiger partial charge is 0.396 e. The summed E-state index contributed by atoms with van der Waals surface area (Å²) in [4.78, 5) is 18.8. The zero-order valence-corrected chi connectivity index (χ0v) is 17.7. The number of thiophene rings is 1. The van der Waals surface area contributed by atoms with Crippen LogP contribution in [0.1, 0.15) is 30.0 Å². The van der Waals surface area contributed by atoms with Crippen LogP contribution < -0.4 is 0 Å². The number of nitrogens with zero attached hydrogens (tertiary/aromatic N) is 2. The lowest BCUT2D eigenvalue weighted by molar-refractivity contribution is -0.131. The zero-order valence-electron chi connectivity index (χ0n) is 16.9. The van der Waals surface area contributed by atoms with Crippen LogP contribution in [0.4, 0.5) is 0 Å². The Balaban J connectivity index is 1.59. The molecule has 2 fully saturated rings. The van der Waals surface area contributed by atoms with Crippen molar-refractivity contribution in [2.45, 2.75) is 32.4 Å². The van der Waals surface area contributed by atoms with E-state index in [4.69, 9.17) is 4.74 Å². The standard InChI is InChI=1S/C21H30N2O4S/c1-20(2,26)8-6-17-4-5-18(28-17)12-22-10-16-11-23(19(25)7-9-27-3)14-21(16,13-22)15-24/h4-5,16,24,26H,7,9-15H2,1-3H3. The third-order valence-electron chi connectivity index (χ3n) is 5.55. The van der Waals surface area contributed by atoms with E-state index in [0.29, 0.717) is 32.0 Å². The minimum Gasteiger partial charge on any atom is -0.396 e. The van der Waals surface area contributed by atoms with Crippen molar-refractivity contribution < 1.29 is 19.7 Å². The van der Waals surface area contributed by atoms with Gasteiger partial charge in [0.05, 0.1) is 24.5 Å². The number of hydrogen-bond donors (Lipinski definition) is 2. The van der Waals surface area contributed by atoms with Crippen LogP contribution in [0.5, 0.6) is 0 Å². The SMILES string of the molecule is COCCC(=O)N1CC2CN(Cc3ccc(C#CC(C)(C)O)s3)CC2(CO)C1. The third kappa shape index (κ3) is 4.94. The molecule has 0 aromatic carbocycles. The summed E-state index contributed by atoms with van der Waals surface area (Å²) in [6, 6.07) is 4.08. The highest BCUT2D eigenvalue weighted by atomic mass is 32.1. The van der Waals surface area contributed by atoms with Gasteiger partial charge in [-0.15, -0.1) is 11.3 Å². The van der Waals surface area contributed by atoms with Crippen LogP contribution in [0.2, 0.25) is 0 Å². The number of rotatable bonds is 6. The number of aliphatic hydroxyl groups excluding tert-OH is 1. The van der Waals surface area contributed by atoms with Crippen LogP contribution in [0.25, 0.3) is 0 Å². The van der Waals surface area contributed by atoms with Crippen LogP contribution in [0.15, 0.2) is 12.1 Å². The van der Waals surface area contributed by atoms with Gasteiger partial charge in [-0.1, -0.05) is 11.8 Å². The maximum absolute atomic E-state index is 12.3. The first kappa shape index (κ1) is 21.3. The minimum absolute atomic E-state index is 0.106. The molecule has 0 spiro atoms. The fourth-order valence-corrected chi connectivity index (χ4v) is 5.04. The molecule has 2 aliphatic heterocycles. The van der Waals surface area contributed by atoms with Crippen molar-refractivity contribution in [3.05, 3.63) is 21.9 Å². The van der Waals surface area contributed by atoms with Gasteiger partial charge in [0.2, 0.25) is 5.91 Å². The Bertz CT molecular complexity index is 760. The van der Waals surface area contributed by atoms with E-state index in [1.54, 1.807) is 32.3 Å². The number of likely N-dealkylation sites (tertiary alicyclic amines) is 2. The van der Waals surface area contributed by atoms with E-state index in [-0.39, 0.29) is 17.9 Å². The minimum atomic E-state index is -0.989. The first-order valence-corrected chi connectivity index (χ1v) is 10.5. The summed E-state index contributed by atoms with van der Waals surface area (Å²) in [5, 5.41) is 19.8. The first-order valence-electron chi connectivity index (χ1n) is 9.69. The molecule has 28 heavy (non-hydrogen) atoms. The molecule has 2 N–H and O–H groups in total. The molecule has 2 saturated heterocycles. The van der Waals surface area contributed by atoms with E-state index in [2.05, 4.69) is 22.8 Å². The molecule has 0 radical (unpaired) electrons. The highest BCUT2D eigenvalue weighted by Crippen LogP contribution is 2.43. The molecule has 2 unspecified atom stereocenters. The van der Waals surface area contributed by atoms with E-state index in [0.717, 1.165) is 24.5 Å². The second kappa shape index (κ2) is 8.52. The quantitative estimate of drug-likeness (QED) is 0.694. The van der Waals surface area contributed by atoms with E-state index in [1.165, 1.54) is 4.88 Å². The van der Waals surface area contributed by atoms with Gasteiger partial charge in [-0.05, 0) is 31.9 Å². The summed E-state index contributed by atoms with van der Waals surface area (Å²) in [5.74, 6) is 6.29. The summed E-state index contributed by atoms with van der Waals surface area (Å²) in [6.07, 6.45) is 0.401. The van der Waals surface area contributed by atoms with Gasteiger partial charge in [-0.2, -0.15) is 0 Å². The number of aliphatic hydroxyl groups is 2. The molecule has 1 amide bonds. The Morgan fingerprint density at radius 1 is 1.39 bits per heavy atom. The molecule has 154 valence electrons. The van der Waals surface area contributed by atoms with Gasteiger partial charge in [-0.3, -0.25) is 9.69 Å². The fourth-order valence-electron chi connectivity index (χ4n) is 4.14. The van der Waals surface area contributed by atoms with Crippen molar-refractivity contribution in [3.63, 3.8) is 0 Å². The molecule has 0 saturated carbocycles. The molecule has 0 bridgehead atoms. The monoisotopic (exact) mass is 406 g/mol. The van der Waals surface area contributed by atoms with Gasteiger partial charge >= 0.3 is 0 Å². The van der Waals surface area contributed by atoms with Crippen molar-refractivity contribution in [2.24, 2.45) is 11.3 Å². The Morgan fingerprint density at radius 3 is 2.82 bits per heavy atom. The average Bonchev–Trinajstić information content (AvgIpc) is 3.30. The highest BCUT2D eigenvalue weighted by Gasteiger charge is 2.52. The van der Waals surface area contributed by atoms with Crippen LogP contribution in [-0.4, -0.2) is 78.0 Å². The predicted octanol–water partition coefficient (Wildman–Crippen LogP) is 1.16. The molecule has 2 aliphatic rings. The van der Waals surface area contributed by atoms with Crippen LogP contribution in [0, 0.1) is 23.2 Å². The van der Waals surface area contributed by atoms with Gasteiger partial charge in [0, 0.05) is 50.1 Å². The summed E-state index contributed by atoms with van der Waals surface area (Å²) in [6.45, 7) is 7.74. The number of amides is 1. The van der Waals surface area contributed by atoms with Crippen LogP contribution >= 0.6 is 11.3 Å². The molecule has 3 rings (SSSR count). The number of hydrogen-bond acceptors (Lipinski definition) is 6. The molecular weight excluding hydrogens is 376 g/mol. The maximum atomic E-state index is 12.3. The Morgan fingerprint density at radius 2 is 2.18 bits per heavy atom. The number of carbonyl (C=O) groups is 1. The molecule has 0 aliphatic carbocycles. The summed E-state index contributed by atoms with van der Waals surface area (Å²) in [5.41, 5.74) is -1.21. The van der Waals surface area contributed by atoms with Crippen molar-refractivity contribution in [3.8, 4) is 11.8 Å². The lowest BCUT2D eigenvalue weighted by Gasteiger charge is -2.27. The van der Waals surface area contributed by atoms with Crippen molar-refractivity contribution in [1.82, 2.24) is 9.80 Å². The van der Waals surface area contributed by atoms with Crippen molar-refractivity contribution in [1.29, 1.82) is 0 Å². The summed E-state index contributed by atoms with van der Waals surface area (Å²) in [7, 11) is 1.60. The molecule has 2 atom stereocenters. The van der Waals surface area contributed by atoms with Gasteiger partial charge in [0.25, 0.3) is 0 Å². The normalized spacial score (nSPS) is 24.9. The van der Waals surface area contributed by atoms with E-state index < -0.39 is 5.60 Å². The zero-order chi connectivity index (χ0) is 20.4. The number of fused-ring (bicyclic) bond motifs is 1. The number of carbonyl (C=O) groups excluding carboxylic acids is 1. The smallest absolute Gasteiger partial charge is 0.224 e. The van der Waals surface area contributed by atoms with Gasteiger partial charge in [0.1, 0.15) is 5.60 Å². The van der Waals surface area contributed by atoms with Crippen molar-refractivity contribution in [2.75, 3.05) is 46.5 Å². The predicted molar refractivity (Wildman–Crippen MR) is 109 cm³/mol. The molecule has 3 heterocycles. The lowest BCUT2D eigenvalue weighted by Crippen LogP contribution is -2.39. The maximum Gasteiger partial charge on any atom is 0.224 e. The Hall–Kier alpha value is -1.43. The number of ether oxygens (including phenoxy) is 1. The summed E-state index contributed by atoms with van der Waals surface area (Å²) >= 11 is 1.64. The second-order valence-electron chi connectivity index (χ2n) is 8.48. The Labute approximate surface area is 171 Å². The average molecular weight is 407 g/mol. The topological polar surface area (TPSA) is 73.2 Å². The summed E-state index contributed by atoms with van der Waals surface area (Å²) < 4.78 is 5.01. The van der Waals surface area contributed by atoms with Crippen LogP contribution in [-0.2, 0) is 16.1 Å². The third-order valence-corrected chi connectivity index (χ3v) is 6.54. The molecule has 1 aromatic heterocycles. The van der Waals surface area contributed by atoms with Gasteiger partial charge in [0.15, 0.2) is 0 Å². The Kier molecular flexibility index (Phi) is 6.47. The molecule has 6 nitrogen and oxygen atoms in total. The lowest BCUT2D eigenvalue weighted by atomic mass is 9.82. The van der Waals surface area contributed by atoms with Gasteiger partial charge in [-0.25, -0.2) is 0 Å². The fraction of sp³-hybridized carbons (Fsp3) is 0.667. The first-order chi connectivity index (χ1) is 13.2. The molecule has 7 heteroatoms. The van der Waals surface area contributed by atoms with Gasteiger partial charge < -0.3 is 19.8 Å². The second-order valence-corrected chi connectivity index (χ2v) is 9.65. The molecular formula is C21H30N2O4S. The van der Waals surface area contributed by atoms with Crippen molar-refractivity contribution >= 4 is 17.2 Å². The van der Waals surface area contributed by atoms with E-state index in [1.807, 2.05) is 11.0 Å². The number of methoxy groups -OCH3 is 1. The van der Waals surface area contributed by atoms with E-state index in [9.17, 15) is 15.0 Å². The molecule has 1 aromatic rings. The van der Waals surface area contributed by atoms with E-state index >= 15 is 0 Å².